The summed E-state index contributed by atoms with van der Waals surface area (Å²) < 4.78 is 25.4. The third kappa shape index (κ3) is 6.80. The number of hydrogen-bond acceptors (Lipinski definition) is 7. The first-order valence-corrected chi connectivity index (χ1v) is 12.8. The summed E-state index contributed by atoms with van der Waals surface area (Å²) in [6.07, 6.45) is 0.506. The minimum Gasteiger partial charge on any atom is -0.443 e. The number of carbonyl (C=O) groups is 2. The number of aromatic nitrogens is 3. The smallest absolute Gasteiger partial charge is 0.322 e. The lowest BCUT2D eigenvalue weighted by Gasteiger charge is -2.18. The fourth-order valence-corrected chi connectivity index (χ4v) is 4.10. The van der Waals surface area contributed by atoms with E-state index in [1.54, 1.807) is 18.2 Å². The number of amides is 2. The van der Waals surface area contributed by atoms with Crippen molar-refractivity contribution in [1.29, 1.82) is 0 Å². The van der Waals surface area contributed by atoms with Gasteiger partial charge in [-0.1, -0.05) is 58.7 Å². The van der Waals surface area contributed by atoms with Crippen molar-refractivity contribution in [2.75, 3.05) is 5.32 Å². The predicted molar refractivity (Wildman–Crippen MR) is 151 cm³/mol. The number of nitrogens with zero attached hydrogens (tertiary/aromatic N) is 3. The fraction of sp³-hybridized carbons (Fsp3) is 0.129. The van der Waals surface area contributed by atoms with Crippen LogP contribution in [0.4, 0.5) is 14.9 Å². The molecule has 2 heterocycles. The van der Waals surface area contributed by atoms with E-state index in [0.29, 0.717) is 11.3 Å². The lowest BCUT2D eigenvalue weighted by Crippen LogP contribution is -2.41. The largest absolute Gasteiger partial charge is 0.443 e. The minimum atomic E-state index is -1.05. The highest BCUT2D eigenvalue weighted by atomic mass is 19.1. The van der Waals surface area contributed by atoms with Crippen molar-refractivity contribution < 1.29 is 23.2 Å². The van der Waals surface area contributed by atoms with E-state index >= 15 is 4.39 Å². The molecule has 0 saturated carbocycles. The van der Waals surface area contributed by atoms with Gasteiger partial charge in [0, 0.05) is 17.5 Å². The first kappa shape index (κ1) is 27.2. The van der Waals surface area contributed by atoms with Gasteiger partial charge in [-0.3, -0.25) is 9.78 Å². The molecule has 0 aliphatic carbocycles. The van der Waals surface area contributed by atoms with Crippen LogP contribution in [0.2, 0.25) is 0 Å². The summed E-state index contributed by atoms with van der Waals surface area (Å²) in [4.78, 5) is 32.4. The molecule has 9 nitrogen and oxygen atoms in total. The molecule has 2 amide bonds. The summed E-state index contributed by atoms with van der Waals surface area (Å²) in [5.41, 5.74) is 5.75. The van der Waals surface area contributed by atoms with Crippen LogP contribution in [0.3, 0.4) is 0 Å². The number of hydrogen-bond donors (Lipinski definition) is 2. The zero-order valence-corrected chi connectivity index (χ0v) is 22.3. The van der Waals surface area contributed by atoms with Crippen molar-refractivity contribution in [1.82, 2.24) is 20.4 Å². The van der Waals surface area contributed by atoms with Crippen LogP contribution in [0.15, 0.2) is 89.6 Å². The van der Waals surface area contributed by atoms with Gasteiger partial charge in [-0.2, -0.15) is 4.98 Å². The van der Waals surface area contributed by atoms with Crippen LogP contribution >= 0.6 is 0 Å². The SMILES string of the molecule is Cc1ccc(-c2ccc(NC(=O)NC(Cc3ccc(-c4noc(-c5ccc(C)cc5)n4)c(F)c3)OC=O)cn2)cc1. The number of carbonyl (C=O) groups excluding carboxylic acids is 2. The molecule has 0 radical (unpaired) electrons. The highest BCUT2D eigenvalue weighted by Crippen LogP contribution is 2.25. The van der Waals surface area contributed by atoms with Crippen LogP contribution in [0.5, 0.6) is 0 Å². The lowest BCUT2D eigenvalue weighted by molar-refractivity contribution is -0.134. The Hall–Kier alpha value is -5.38. The summed E-state index contributed by atoms with van der Waals surface area (Å²) in [7, 11) is 0. The topological polar surface area (TPSA) is 119 Å². The molecule has 2 N–H and O–H groups in total. The Balaban J connectivity index is 1.21. The molecule has 1 unspecified atom stereocenters. The molecule has 41 heavy (non-hydrogen) atoms. The Morgan fingerprint density at radius 2 is 1.68 bits per heavy atom. The summed E-state index contributed by atoms with van der Waals surface area (Å²) in [6, 6.07) is 22.8. The van der Waals surface area contributed by atoms with Gasteiger partial charge in [0.05, 0.1) is 23.1 Å². The molecule has 0 saturated heterocycles. The first-order valence-electron chi connectivity index (χ1n) is 12.8. The van der Waals surface area contributed by atoms with Crippen LogP contribution in [0.1, 0.15) is 16.7 Å². The Kier molecular flexibility index (Phi) is 8.10. The number of aryl methyl sites for hydroxylation is 2. The van der Waals surface area contributed by atoms with Crippen LogP contribution in [-0.4, -0.2) is 33.9 Å². The standard InChI is InChI=1S/C31H26FN5O4/c1-19-3-8-22(9-4-19)27-14-12-24(17-33-27)34-31(39)35-28(40-18-38)16-21-7-13-25(26(32)15-21)29-36-30(41-37-29)23-10-5-20(2)6-11-23/h3-15,17-18,28H,16H2,1-2H3,(H2,34,35,39). The molecule has 0 fully saturated rings. The van der Waals surface area contributed by atoms with Crippen LogP contribution in [-0.2, 0) is 16.0 Å². The lowest BCUT2D eigenvalue weighted by atomic mass is 10.1. The molecule has 1 atom stereocenters. The van der Waals surface area contributed by atoms with Crippen LogP contribution < -0.4 is 10.6 Å². The molecule has 10 heteroatoms. The van der Waals surface area contributed by atoms with Gasteiger partial charge in [0.2, 0.25) is 5.82 Å². The molecular weight excluding hydrogens is 525 g/mol. The second kappa shape index (κ2) is 12.2. The average Bonchev–Trinajstić information content (AvgIpc) is 3.44. The van der Waals surface area contributed by atoms with Gasteiger partial charge in [-0.25, -0.2) is 9.18 Å². The van der Waals surface area contributed by atoms with Gasteiger partial charge in [-0.15, -0.1) is 0 Å². The summed E-state index contributed by atoms with van der Waals surface area (Å²) >= 11 is 0. The molecule has 0 bridgehead atoms. The van der Waals surface area contributed by atoms with Crippen LogP contribution in [0, 0.1) is 19.7 Å². The summed E-state index contributed by atoms with van der Waals surface area (Å²) in [5, 5.41) is 9.12. The molecule has 2 aromatic heterocycles. The number of rotatable bonds is 9. The predicted octanol–water partition coefficient (Wildman–Crippen LogP) is 6.08. The number of benzene rings is 3. The maximum absolute atomic E-state index is 15.0. The van der Waals surface area contributed by atoms with E-state index in [9.17, 15) is 9.59 Å². The van der Waals surface area contributed by atoms with E-state index in [0.717, 1.165) is 27.9 Å². The second-order valence-corrected chi connectivity index (χ2v) is 9.43. The quantitative estimate of drug-likeness (QED) is 0.168. The normalized spacial score (nSPS) is 11.5. The second-order valence-electron chi connectivity index (χ2n) is 9.43. The molecule has 0 aliphatic heterocycles. The molecule has 0 spiro atoms. The molecule has 5 aromatic rings. The Bertz CT molecular complexity index is 1650. The van der Waals surface area contributed by atoms with Gasteiger partial charge in [0.1, 0.15) is 5.82 Å². The molecular formula is C31H26FN5O4. The van der Waals surface area contributed by atoms with Crippen molar-refractivity contribution in [2.45, 2.75) is 26.5 Å². The number of halogens is 1. The third-order valence-electron chi connectivity index (χ3n) is 6.30. The van der Waals surface area contributed by atoms with Gasteiger partial charge in [0.15, 0.2) is 6.23 Å². The Morgan fingerprint density at radius 1 is 0.976 bits per heavy atom. The zero-order valence-electron chi connectivity index (χ0n) is 22.3. The number of urea groups is 1. The minimum absolute atomic E-state index is 0.0227. The third-order valence-corrected chi connectivity index (χ3v) is 6.30. The van der Waals surface area contributed by atoms with Gasteiger partial charge >= 0.3 is 6.03 Å². The maximum atomic E-state index is 15.0. The summed E-state index contributed by atoms with van der Waals surface area (Å²) in [6.45, 7) is 4.20. The Labute approximate surface area is 235 Å². The van der Waals surface area contributed by atoms with E-state index in [1.165, 1.54) is 18.3 Å². The number of ether oxygens (including phenoxy) is 1. The van der Waals surface area contributed by atoms with E-state index in [4.69, 9.17) is 9.26 Å². The highest BCUT2D eigenvalue weighted by Gasteiger charge is 2.18. The maximum Gasteiger partial charge on any atom is 0.322 e. The number of nitrogens with one attached hydrogen (secondary N) is 2. The van der Waals surface area contributed by atoms with Crippen LogP contribution in [0.25, 0.3) is 34.1 Å². The van der Waals surface area contributed by atoms with Gasteiger partial charge in [0.25, 0.3) is 12.4 Å². The monoisotopic (exact) mass is 551 g/mol. The zero-order chi connectivity index (χ0) is 28.8. The van der Waals surface area contributed by atoms with Gasteiger partial charge in [-0.05, 0) is 55.8 Å². The molecule has 206 valence electrons. The number of pyridine rings is 1. The molecule has 3 aromatic carbocycles. The van der Waals surface area contributed by atoms with Crippen molar-refractivity contribution in [3.8, 4) is 34.1 Å². The van der Waals surface area contributed by atoms with E-state index in [2.05, 4.69) is 25.8 Å². The van der Waals surface area contributed by atoms with E-state index < -0.39 is 18.1 Å². The molecule has 0 aliphatic rings. The molecule has 5 rings (SSSR count). The highest BCUT2D eigenvalue weighted by molar-refractivity contribution is 5.89. The fourth-order valence-electron chi connectivity index (χ4n) is 4.10. The van der Waals surface area contributed by atoms with Crippen molar-refractivity contribution in [3.05, 3.63) is 108 Å². The van der Waals surface area contributed by atoms with E-state index in [-0.39, 0.29) is 30.2 Å². The summed E-state index contributed by atoms with van der Waals surface area (Å²) in [5.74, 6) is -0.212. The van der Waals surface area contributed by atoms with Crippen molar-refractivity contribution in [3.63, 3.8) is 0 Å². The van der Waals surface area contributed by atoms with E-state index in [1.807, 2.05) is 62.4 Å². The first-order chi connectivity index (χ1) is 19.9. The number of anilines is 1. The van der Waals surface area contributed by atoms with Crippen molar-refractivity contribution >= 4 is 18.2 Å². The Morgan fingerprint density at radius 3 is 2.32 bits per heavy atom. The van der Waals surface area contributed by atoms with Gasteiger partial charge < -0.3 is 19.9 Å². The average molecular weight is 552 g/mol. The van der Waals surface area contributed by atoms with Crippen molar-refractivity contribution in [2.24, 2.45) is 0 Å².